The zero-order chi connectivity index (χ0) is 11.5. The van der Waals surface area contributed by atoms with E-state index in [0.29, 0.717) is 18.5 Å². The standard InChI is InChI=1S/C9H10F4N2.2ClH/c10-8-5-6(3-4-15-14)1-2-7(8)9(11,12)13;;/h1-2,5,15H,3-4,14H2;2*1H. The third-order valence-corrected chi connectivity index (χ3v) is 1.90. The summed E-state index contributed by atoms with van der Waals surface area (Å²) in [5.74, 6) is 3.74. The SMILES string of the molecule is Cl.Cl.NNCCc1ccc(C(F)(F)F)c(F)c1. The quantitative estimate of drug-likeness (QED) is 0.511. The number of alkyl halides is 3. The van der Waals surface area contributed by atoms with Crippen LogP contribution in [0.4, 0.5) is 17.6 Å². The number of rotatable bonds is 3. The molecule has 0 aromatic heterocycles. The van der Waals surface area contributed by atoms with E-state index in [9.17, 15) is 17.6 Å². The van der Waals surface area contributed by atoms with E-state index in [-0.39, 0.29) is 24.8 Å². The first-order valence-corrected chi connectivity index (χ1v) is 4.24. The van der Waals surface area contributed by atoms with Crippen LogP contribution in [0.1, 0.15) is 11.1 Å². The summed E-state index contributed by atoms with van der Waals surface area (Å²) in [6.07, 6.45) is -4.26. The van der Waals surface area contributed by atoms with Crippen LogP contribution in [0.15, 0.2) is 18.2 Å². The molecule has 0 heterocycles. The minimum absolute atomic E-state index is 0. The second-order valence-electron chi connectivity index (χ2n) is 3.02. The second kappa shape index (κ2) is 7.71. The first-order chi connectivity index (χ1) is 6.95. The molecular weight excluding hydrogens is 283 g/mol. The summed E-state index contributed by atoms with van der Waals surface area (Å²) in [7, 11) is 0. The zero-order valence-corrected chi connectivity index (χ0v) is 10.2. The minimum atomic E-state index is -4.64. The highest BCUT2D eigenvalue weighted by Gasteiger charge is 2.33. The molecule has 0 saturated carbocycles. The molecule has 0 unspecified atom stereocenters. The van der Waals surface area contributed by atoms with E-state index in [4.69, 9.17) is 5.84 Å². The molecule has 0 atom stereocenters. The lowest BCUT2D eigenvalue weighted by Crippen LogP contribution is -2.24. The average molecular weight is 295 g/mol. The number of hydrogen-bond acceptors (Lipinski definition) is 2. The van der Waals surface area contributed by atoms with E-state index in [1.165, 1.54) is 6.07 Å². The summed E-state index contributed by atoms with van der Waals surface area (Å²) in [5.41, 5.74) is 1.56. The normalized spacial score (nSPS) is 10.4. The molecule has 0 aliphatic heterocycles. The first kappa shape index (κ1) is 18.8. The lowest BCUT2D eigenvalue weighted by molar-refractivity contribution is -0.140. The summed E-state index contributed by atoms with van der Waals surface area (Å²) in [4.78, 5) is 0. The molecule has 1 rings (SSSR count). The Hall–Kier alpha value is -0.560. The van der Waals surface area contributed by atoms with Crippen molar-refractivity contribution in [2.45, 2.75) is 12.6 Å². The van der Waals surface area contributed by atoms with Crippen molar-refractivity contribution in [3.05, 3.63) is 35.1 Å². The summed E-state index contributed by atoms with van der Waals surface area (Å²) in [5, 5.41) is 0. The van der Waals surface area contributed by atoms with Crippen molar-refractivity contribution >= 4 is 24.8 Å². The van der Waals surface area contributed by atoms with Gasteiger partial charge in [-0.15, -0.1) is 24.8 Å². The van der Waals surface area contributed by atoms with Crippen LogP contribution < -0.4 is 11.3 Å². The fourth-order valence-corrected chi connectivity index (χ4v) is 1.16. The summed E-state index contributed by atoms with van der Waals surface area (Å²) < 4.78 is 49.5. The van der Waals surface area contributed by atoms with Crippen molar-refractivity contribution in [2.75, 3.05) is 6.54 Å². The molecule has 0 spiro atoms. The van der Waals surface area contributed by atoms with Crippen molar-refractivity contribution in [1.82, 2.24) is 5.43 Å². The fraction of sp³-hybridized carbons (Fsp3) is 0.333. The lowest BCUT2D eigenvalue weighted by atomic mass is 10.1. The molecule has 3 N–H and O–H groups in total. The molecular formula is C9H12Cl2F4N2. The maximum atomic E-state index is 13.0. The maximum Gasteiger partial charge on any atom is 0.419 e. The van der Waals surface area contributed by atoms with Crippen LogP contribution in [0.2, 0.25) is 0 Å². The Morgan fingerprint density at radius 1 is 1.18 bits per heavy atom. The molecule has 1 aromatic rings. The highest BCUT2D eigenvalue weighted by Crippen LogP contribution is 2.31. The largest absolute Gasteiger partial charge is 0.419 e. The van der Waals surface area contributed by atoms with Crippen molar-refractivity contribution in [2.24, 2.45) is 5.84 Å². The van der Waals surface area contributed by atoms with Gasteiger partial charge in [-0.05, 0) is 24.1 Å². The van der Waals surface area contributed by atoms with Crippen LogP contribution in [0.3, 0.4) is 0 Å². The van der Waals surface area contributed by atoms with Gasteiger partial charge in [-0.2, -0.15) is 13.2 Å². The van der Waals surface area contributed by atoms with Gasteiger partial charge in [0.25, 0.3) is 0 Å². The molecule has 1 aromatic carbocycles. The third kappa shape index (κ3) is 5.54. The van der Waals surface area contributed by atoms with Gasteiger partial charge >= 0.3 is 6.18 Å². The predicted octanol–water partition coefficient (Wildman–Crippen LogP) is 2.69. The van der Waals surface area contributed by atoms with Crippen molar-refractivity contribution < 1.29 is 17.6 Å². The van der Waals surface area contributed by atoms with Gasteiger partial charge in [0, 0.05) is 6.54 Å². The molecule has 8 heteroatoms. The molecule has 0 amide bonds. The van der Waals surface area contributed by atoms with Gasteiger partial charge in [0.15, 0.2) is 0 Å². The molecule has 0 aliphatic rings. The average Bonchev–Trinajstić information content (AvgIpc) is 2.12. The van der Waals surface area contributed by atoms with E-state index < -0.39 is 17.6 Å². The molecule has 0 saturated heterocycles. The molecule has 0 fully saturated rings. The Bertz CT molecular complexity index is 344. The summed E-state index contributed by atoms with van der Waals surface area (Å²) in [6, 6.07) is 2.85. The van der Waals surface area contributed by atoms with Crippen molar-refractivity contribution in [1.29, 1.82) is 0 Å². The van der Waals surface area contributed by atoms with E-state index in [0.717, 1.165) is 12.1 Å². The van der Waals surface area contributed by atoms with Gasteiger partial charge in [-0.3, -0.25) is 11.3 Å². The number of benzene rings is 1. The summed E-state index contributed by atoms with van der Waals surface area (Å²) >= 11 is 0. The van der Waals surface area contributed by atoms with Crippen molar-refractivity contribution in [3.8, 4) is 0 Å². The number of hydrogen-bond donors (Lipinski definition) is 2. The van der Waals surface area contributed by atoms with E-state index in [1.54, 1.807) is 0 Å². The van der Waals surface area contributed by atoms with E-state index in [2.05, 4.69) is 5.43 Å². The van der Waals surface area contributed by atoms with Crippen LogP contribution in [0.25, 0.3) is 0 Å². The molecule has 17 heavy (non-hydrogen) atoms. The Morgan fingerprint density at radius 3 is 2.18 bits per heavy atom. The van der Waals surface area contributed by atoms with Gasteiger partial charge in [0.05, 0.1) is 5.56 Å². The zero-order valence-electron chi connectivity index (χ0n) is 8.55. The van der Waals surface area contributed by atoms with Gasteiger partial charge in [-0.1, -0.05) is 6.07 Å². The van der Waals surface area contributed by atoms with Crippen molar-refractivity contribution in [3.63, 3.8) is 0 Å². The van der Waals surface area contributed by atoms with Gasteiger partial charge in [0.2, 0.25) is 0 Å². The fourth-order valence-electron chi connectivity index (χ4n) is 1.16. The highest BCUT2D eigenvalue weighted by molar-refractivity contribution is 5.85. The predicted molar refractivity (Wildman–Crippen MR) is 61.8 cm³/mol. The van der Waals surface area contributed by atoms with E-state index >= 15 is 0 Å². The Kier molecular flexibility index (Phi) is 8.52. The lowest BCUT2D eigenvalue weighted by Gasteiger charge is -2.09. The highest BCUT2D eigenvalue weighted by atomic mass is 35.5. The Morgan fingerprint density at radius 2 is 1.76 bits per heavy atom. The van der Waals surface area contributed by atoms with Crippen LogP contribution >= 0.6 is 24.8 Å². The number of nitrogens with one attached hydrogen (secondary N) is 1. The molecule has 0 bridgehead atoms. The van der Waals surface area contributed by atoms with E-state index in [1.807, 2.05) is 0 Å². The molecule has 0 aliphatic carbocycles. The smallest absolute Gasteiger partial charge is 0.271 e. The second-order valence-corrected chi connectivity index (χ2v) is 3.02. The first-order valence-electron chi connectivity index (χ1n) is 4.24. The number of nitrogens with two attached hydrogens (primary N) is 1. The Labute approximate surface area is 108 Å². The van der Waals surface area contributed by atoms with Crippen LogP contribution in [0.5, 0.6) is 0 Å². The van der Waals surface area contributed by atoms with Gasteiger partial charge in [-0.25, -0.2) is 4.39 Å². The molecule has 2 nitrogen and oxygen atoms in total. The molecule has 100 valence electrons. The number of hydrazine groups is 1. The van der Waals surface area contributed by atoms with Crippen LogP contribution in [-0.2, 0) is 12.6 Å². The monoisotopic (exact) mass is 294 g/mol. The Balaban J connectivity index is 0. The van der Waals surface area contributed by atoms with Gasteiger partial charge < -0.3 is 0 Å². The topological polar surface area (TPSA) is 38.0 Å². The number of halogens is 6. The molecule has 0 radical (unpaired) electrons. The van der Waals surface area contributed by atoms with Gasteiger partial charge in [0.1, 0.15) is 5.82 Å². The van der Waals surface area contributed by atoms with Crippen LogP contribution in [0, 0.1) is 5.82 Å². The maximum absolute atomic E-state index is 13.0. The third-order valence-electron chi connectivity index (χ3n) is 1.90. The summed E-state index contributed by atoms with van der Waals surface area (Å²) in [6.45, 7) is 0.380. The minimum Gasteiger partial charge on any atom is -0.271 e. The van der Waals surface area contributed by atoms with Crippen LogP contribution in [-0.4, -0.2) is 6.54 Å².